The number of allylic oxidation sites excluding steroid dienone is 3. The first-order chi connectivity index (χ1) is 9.49. The van der Waals surface area contributed by atoms with Crippen molar-refractivity contribution in [2.45, 2.75) is 53.9 Å². The first-order valence-electron chi connectivity index (χ1n) is 7.45. The Morgan fingerprint density at radius 1 is 1.33 bits per heavy atom. The van der Waals surface area contributed by atoms with Crippen molar-refractivity contribution in [2.75, 3.05) is 0 Å². The Hall–Kier alpha value is -1.14. The van der Waals surface area contributed by atoms with Crippen molar-refractivity contribution >= 4 is 16.0 Å². The van der Waals surface area contributed by atoms with Crippen LogP contribution in [-0.2, 0) is 0 Å². The van der Waals surface area contributed by atoms with Gasteiger partial charge in [-0.1, -0.05) is 38.5 Å². The molecule has 0 bridgehead atoms. The molecule has 1 aromatic rings. The van der Waals surface area contributed by atoms with Gasteiger partial charge in [-0.25, -0.2) is 4.79 Å². The van der Waals surface area contributed by atoms with Gasteiger partial charge in [-0.3, -0.25) is 0 Å². The van der Waals surface area contributed by atoms with Gasteiger partial charge in [0.25, 0.3) is 0 Å². The van der Waals surface area contributed by atoms with Gasteiger partial charge in [0.1, 0.15) is 5.76 Å². The van der Waals surface area contributed by atoms with E-state index >= 15 is 0 Å². The minimum absolute atomic E-state index is 0. The number of fused-ring (bicyclic) bond motifs is 1. The maximum atomic E-state index is 11.4. The number of hydrogen-bond donors (Lipinski definition) is 0. The minimum atomic E-state index is -0.258. The summed E-state index contributed by atoms with van der Waals surface area (Å²) in [6.45, 7) is 12.4. The summed E-state index contributed by atoms with van der Waals surface area (Å²) in [4.78, 5) is 11.4. The maximum Gasteiger partial charge on any atom is 0.336 e. The van der Waals surface area contributed by atoms with Gasteiger partial charge in [-0.15, -0.1) is 0 Å². The van der Waals surface area contributed by atoms with Crippen molar-refractivity contribution in [3.05, 3.63) is 51.1 Å². The van der Waals surface area contributed by atoms with Gasteiger partial charge in [0.15, 0.2) is 0 Å². The molecule has 0 saturated carbocycles. The summed E-state index contributed by atoms with van der Waals surface area (Å²) in [5, 5.41) is 0. The van der Waals surface area contributed by atoms with Gasteiger partial charge in [0.2, 0.25) is 0 Å². The summed E-state index contributed by atoms with van der Waals surface area (Å²) in [6.07, 6.45) is 7.33. The molecule has 3 heteroatoms. The van der Waals surface area contributed by atoms with Crippen molar-refractivity contribution in [3.8, 4) is 0 Å². The lowest BCUT2D eigenvalue weighted by molar-refractivity contribution is 0.455. The van der Waals surface area contributed by atoms with Crippen LogP contribution in [-0.4, -0.2) is 0 Å². The molecule has 0 amide bonds. The van der Waals surface area contributed by atoms with E-state index in [-0.39, 0.29) is 15.5 Å². The van der Waals surface area contributed by atoms with E-state index in [1.807, 2.05) is 26.8 Å². The number of rotatable bonds is 2. The van der Waals surface area contributed by atoms with Gasteiger partial charge in [0.05, 0.1) is 0 Å². The lowest BCUT2D eigenvalue weighted by atomic mass is 9.78. The van der Waals surface area contributed by atoms with E-state index in [0.717, 1.165) is 17.7 Å². The Morgan fingerprint density at radius 2 is 1.95 bits per heavy atom. The quantitative estimate of drug-likeness (QED) is 0.559. The Bertz CT molecular complexity index is 563. The zero-order chi connectivity index (χ0) is 15.3. The smallest absolute Gasteiger partial charge is 0.336 e. The molecule has 1 aliphatic rings. The van der Waals surface area contributed by atoms with E-state index in [1.165, 1.54) is 11.1 Å². The molecule has 0 aliphatic heterocycles. The van der Waals surface area contributed by atoms with Crippen LogP contribution in [0.15, 0.2) is 33.0 Å². The molecule has 0 saturated heterocycles. The average molecular weight is 308 g/mol. The third-order valence-corrected chi connectivity index (χ3v) is 3.57. The molecule has 2 nitrogen and oxygen atoms in total. The Labute approximate surface area is 132 Å². The number of aryl methyl sites for hydroxylation is 1. The van der Waals surface area contributed by atoms with Crippen LogP contribution in [0.1, 0.15) is 63.8 Å². The van der Waals surface area contributed by atoms with Crippen LogP contribution in [0.2, 0.25) is 0 Å². The van der Waals surface area contributed by atoms with E-state index < -0.39 is 0 Å². The van der Waals surface area contributed by atoms with Gasteiger partial charge in [-0.2, -0.15) is 9.90 Å². The fourth-order valence-electron chi connectivity index (χ4n) is 2.57. The van der Waals surface area contributed by atoms with Gasteiger partial charge >= 0.3 is 5.63 Å². The summed E-state index contributed by atoms with van der Waals surface area (Å²) < 4.78 is 5.30. The second kappa shape index (κ2) is 9.00. The van der Waals surface area contributed by atoms with Crippen LogP contribution in [0.3, 0.4) is 0 Å². The normalized spacial score (nSPS) is 18.8. The monoisotopic (exact) mass is 308 g/mol. The molecule has 0 fully saturated rings. The summed E-state index contributed by atoms with van der Waals surface area (Å²) in [6, 6.07) is 1.60. The highest BCUT2D eigenvalue weighted by Gasteiger charge is 2.25. The van der Waals surface area contributed by atoms with Crippen LogP contribution in [0, 0.1) is 12.8 Å². The second-order valence-electron chi connectivity index (χ2n) is 5.37. The predicted molar refractivity (Wildman–Crippen MR) is 97.2 cm³/mol. The van der Waals surface area contributed by atoms with Crippen molar-refractivity contribution in [1.29, 1.82) is 0 Å². The molecule has 1 heterocycles. The second-order valence-corrected chi connectivity index (χ2v) is 5.37. The molecule has 2 rings (SSSR count). The van der Waals surface area contributed by atoms with Crippen molar-refractivity contribution in [1.82, 2.24) is 0 Å². The Kier molecular flexibility index (Phi) is 8.51. The lowest BCUT2D eigenvalue weighted by Crippen LogP contribution is -2.16. The SMILES string of the molecule is CC.CC(C)=CCC1c2c(C)cc(=O)oc2C=CC1C.P. The highest BCUT2D eigenvalue weighted by atomic mass is 31.0. The standard InChI is InChI=1S/C16H20O2.C2H6.H3P/c1-10(2)5-7-13-11(3)6-8-14-16(13)12(4)9-15(17)18-14;1-2;/h5-6,8-9,11,13H,7H2,1-4H3;1-2H3;1H3. The molecule has 1 aromatic heterocycles. The molecule has 3 atom stereocenters. The van der Waals surface area contributed by atoms with Crippen LogP contribution >= 0.6 is 9.90 Å². The summed E-state index contributed by atoms with van der Waals surface area (Å²) >= 11 is 0. The van der Waals surface area contributed by atoms with E-state index in [0.29, 0.717) is 11.8 Å². The van der Waals surface area contributed by atoms with Crippen LogP contribution in [0.25, 0.3) is 6.08 Å². The van der Waals surface area contributed by atoms with Crippen molar-refractivity contribution in [2.24, 2.45) is 5.92 Å². The van der Waals surface area contributed by atoms with Gasteiger partial charge in [0, 0.05) is 11.6 Å². The van der Waals surface area contributed by atoms with E-state index in [1.54, 1.807) is 6.07 Å². The molecule has 0 N–H and O–H groups in total. The van der Waals surface area contributed by atoms with Crippen LogP contribution in [0.4, 0.5) is 0 Å². The third-order valence-electron chi connectivity index (χ3n) is 3.57. The van der Waals surface area contributed by atoms with Crippen molar-refractivity contribution in [3.63, 3.8) is 0 Å². The lowest BCUT2D eigenvalue weighted by Gasteiger charge is -2.27. The van der Waals surface area contributed by atoms with Crippen molar-refractivity contribution < 1.29 is 4.42 Å². The molecule has 1 aliphatic carbocycles. The molecule has 3 unspecified atom stereocenters. The molecule has 0 radical (unpaired) electrons. The molecule has 21 heavy (non-hydrogen) atoms. The summed E-state index contributed by atoms with van der Waals surface area (Å²) in [7, 11) is 0. The molecule has 118 valence electrons. The first kappa shape index (κ1) is 19.9. The zero-order valence-electron chi connectivity index (χ0n) is 14.2. The molecule has 0 aromatic carbocycles. The zero-order valence-corrected chi connectivity index (χ0v) is 15.6. The minimum Gasteiger partial charge on any atom is -0.423 e. The van der Waals surface area contributed by atoms with Gasteiger partial charge in [-0.05, 0) is 50.7 Å². The average Bonchev–Trinajstić information content (AvgIpc) is 2.40. The fraction of sp³-hybridized carbons (Fsp3) is 0.500. The van der Waals surface area contributed by atoms with Gasteiger partial charge < -0.3 is 4.42 Å². The highest BCUT2D eigenvalue weighted by Crippen LogP contribution is 2.38. The molecule has 0 spiro atoms. The largest absolute Gasteiger partial charge is 0.423 e. The third kappa shape index (κ3) is 4.97. The predicted octanol–water partition coefficient (Wildman–Crippen LogP) is 5.14. The van der Waals surface area contributed by atoms with E-state index in [9.17, 15) is 4.79 Å². The fourth-order valence-corrected chi connectivity index (χ4v) is 2.57. The molecular weight excluding hydrogens is 279 g/mol. The highest BCUT2D eigenvalue weighted by molar-refractivity contribution is 6.92. The first-order valence-corrected chi connectivity index (χ1v) is 7.45. The maximum absolute atomic E-state index is 11.4. The molecular formula is C18H29O2P. The Morgan fingerprint density at radius 3 is 2.52 bits per heavy atom. The van der Waals surface area contributed by atoms with E-state index in [4.69, 9.17) is 4.42 Å². The van der Waals surface area contributed by atoms with Crippen LogP contribution in [0.5, 0.6) is 0 Å². The number of hydrogen-bond acceptors (Lipinski definition) is 2. The van der Waals surface area contributed by atoms with E-state index in [2.05, 4.69) is 32.9 Å². The summed E-state index contributed by atoms with van der Waals surface area (Å²) in [5.41, 5.74) is 3.31. The summed E-state index contributed by atoms with van der Waals surface area (Å²) in [5.74, 6) is 1.62. The topological polar surface area (TPSA) is 30.2 Å². The Balaban J connectivity index is 0.00000128. The van der Waals surface area contributed by atoms with Crippen LogP contribution < -0.4 is 5.63 Å².